The second-order valence-corrected chi connectivity index (χ2v) is 9.84. The largest absolute Gasteiger partial charge is 0.490 e. The van der Waals surface area contributed by atoms with E-state index in [2.05, 4.69) is 26.1 Å². The van der Waals surface area contributed by atoms with Gasteiger partial charge in [0, 0.05) is 31.5 Å². The van der Waals surface area contributed by atoms with Gasteiger partial charge < -0.3 is 19.7 Å². The minimum Gasteiger partial charge on any atom is -0.490 e. The highest BCUT2D eigenvalue weighted by atomic mass is 16.5. The first kappa shape index (κ1) is 23.1. The Morgan fingerprint density at radius 2 is 1.73 bits per heavy atom. The highest BCUT2D eigenvalue weighted by Gasteiger charge is 2.30. The number of likely N-dealkylation sites (tertiary alicyclic amines) is 1. The maximum Gasteiger partial charge on any atom is 0.251 e. The van der Waals surface area contributed by atoms with Crippen LogP contribution >= 0.6 is 0 Å². The molecule has 0 radical (unpaired) electrons. The summed E-state index contributed by atoms with van der Waals surface area (Å²) in [5.41, 5.74) is 2.92. The van der Waals surface area contributed by atoms with Gasteiger partial charge in [-0.3, -0.25) is 9.59 Å². The summed E-state index contributed by atoms with van der Waals surface area (Å²) in [5.74, 6) is 1.44. The first-order valence-electron chi connectivity index (χ1n) is 11.9. The van der Waals surface area contributed by atoms with E-state index in [9.17, 15) is 9.59 Å². The molecule has 2 aliphatic rings. The average molecular weight is 451 g/mol. The van der Waals surface area contributed by atoms with Crippen LogP contribution < -0.4 is 14.8 Å². The lowest BCUT2D eigenvalue weighted by molar-refractivity contribution is -0.132. The van der Waals surface area contributed by atoms with Gasteiger partial charge in [-0.25, -0.2) is 0 Å². The summed E-state index contributed by atoms with van der Waals surface area (Å²) in [7, 11) is 0. The third kappa shape index (κ3) is 5.49. The number of carbonyl (C=O) groups is 2. The fourth-order valence-corrected chi connectivity index (χ4v) is 4.45. The third-order valence-electron chi connectivity index (χ3n) is 6.37. The minimum absolute atomic E-state index is 0.0373. The molecule has 2 amide bonds. The molecule has 0 aromatic heterocycles. The monoisotopic (exact) mass is 450 g/mol. The second kappa shape index (κ2) is 9.86. The Balaban J connectivity index is 1.33. The van der Waals surface area contributed by atoms with Crippen molar-refractivity contribution in [2.24, 2.45) is 0 Å². The van der Waals surface area contributed by atoms with E-state index in [0.717, 1.165) is 42.9 Å². The van der Waals surface area contributed by atoms with Crippen LogP contribution in [0, 0.1) is 0 Å². The summed E-state index contributed by atoms with van der Waals surface area (Å²) in [6, 6.07) is 13.7. The molecule has 176 valence electrons. The first-order valence-corrected chi connectivity index (χ1v) is 11.9. The smallest absolute Gasteiger partial charge is 0.251 e. The molecular formula is C27H34N2O4. The topological polar surface area (TPSA) is 67.9 Å². The zero-order chi connectivity index (χ0) is 23.4. The second-order valence-electron chi connectivity index (χ2n) is 9.84. The van der Waals surface area contributed by atoms with Crippen LogP contribution in [-0.4, -0.2) is 43.0 Å². The van der Waals surface area contributed by atoms with Crippen molar-refractivity contribution in [3.8, 4) is 11.5 Å². The molecule has 1 N–H and O–H groups in total. The van der Waals surface area contributed by atoms with Crippen molar-refractivity contribution in [1.29, 1.82) is 0 Å². The van der Waals surface area contributed by atoms with Gasteiger partial charge in [-0.05, 0) is 53.6 Å². The van der Waals surface area contributed by atoms with E-state index in [4.69, 9.17) is 9.47 Å². The fraction of sp³-hybridized carbons (Fsp3) is 0.481. The number of hydrogen-bond donors (Lipinski definition) is 1. The van der Waals surface area contributed by atoms with Crippen LogP contribution in [0.25, 0.3) is 0 Å². The molecule has 0 bridgehead atoms. The number of rotatable bonds is 5. The van der Waals surface area contributed by atoms with Gasteiger partial charge in [0.15, 0.2) is 11.5 Å². The molecule has 33 heavy (non-hydrogen) atoms. The van der Waals surface area contributed by atoms with Crippen LogP contribution in [-0.2, 0) is 10.2 Å². The lowest BCUT2D eigenvalue weighted by Gasteiger charge is -2.26. The number of fused-ring (bicyclic) bond motifs is 1. The van der Waals surface area contributed by atoms with Crippen molar-refractivity contribution < 1.29 is 19.1 Å². The normalized spacial score (nSPS) is 18.0. The molecule has 1 unspecified atom stereocenters. The van der Waals surface area contributed by atoms with Crippen molar-refractivity contribution in [1.82, 2.24) is 10.2 Å². The van der Waals surface area contributed by atoms with Crippen LogP contribution in [0.2, 0.25) is 0 Å². The third-order valence-corrected chi connectivity index (χ3v) is 6.37. The fourth-order valence-electron chi connectivity index (χ4n) is 4.45. The van der Waals surface area contributed by atoms with Gasteiger partial charge in [0.25, 0.3) is 5.91 Å². The Morgan fingerprint density at radius 3 is 2.45 bits per heavy atom. The summed E-state index contributed by atoms with van der Waals surface area (Å²) < 4.78 is 11.6. The summed E-state index contributed by atoms with van der Waals surface area (Å²) in [6.07, 6.45) is 3.05. The number of ether oxygens (including phenoxy) is 2. The van der Waals surface area contributed by atoms with E-state index in [1.165, 1.54) is 5.56 Å². The zero-order valence-corrected chi connectivity index (χ0v) is 19.9. The van der Waals surface area contributed by atoms with E-state index >= 15 is 0 Å². The van der Waals surface area contributed by atoms with E-state index in [1.807, 2.05) is 47.4 Å². The number of nitrogens with zero attached hydrogens (tertiary/aromatic N) is 1. The standard InChI is InChI=1S/C27H34N2O4/c1-27(2,3)21-10-7-19(8-11-21)26(31)28-14-13-25(30)29-15-4-6-22(29)20-9-12-23-24(18-20)33-17-5-16-32-23/h7-12,18,22H,4-6,13-17H2,1-3H3,(H,28,31). The van der Waals surface area contributed by atoms with Gasteiger partial charge in [0.2, 0.25) is 5.91 Å². The predicted octanol–water partition coefficient (Wildman–Crippen LogP) is 4.63. The van der Waals surface area contributed by atoms with Crippen molar-refractivity contribution >= 4 is 11.8 Å². The lowest BCUT2D eigenvalue weighted by atomic mass is 9.87. The molecule has 1 saturated heterocycles. The summed E-state index contributed by atoms with van der Waals surface area (Å²) in [6.45, 7) is 8.79. The van der Waals surface area contributed by atoms with Gasteiger partial charge in [-0.15, -0.1) is 0 Å². The highest BCUT2D eigenvalue weighted by molar-refractivity contribution is 5.94. The average Bonchev–Trinajstić information content (AvgIpc) is 3.17. The molecule has 6 heteroatoms. The Hall–Kier alpha value is -3.02. The zero-order valence-electron chi connectivity index (χ0n) is 19.9. The molecule has 4 rings (SSSR count). The van der Waals surface area contributed by atoms with Crippen LogP contribution in [0.1, 0.15) is 74.0 Å². The predicted molar refractivity (Wildman–Crippen MR) is 128 cm³/mol. The summed E-state index contributed by atoms with van der Waals surface area (Å²) in [4.78, 5) is 27.4. The minimum atomic E-state index is -0.149. The van der Waals surface area contributed by atoms with Crippen molar-refractivity contribution in [3.05, 3.63) is 59.2 Å². The maximum atomic E-state index is 13.0. The number of hydrogen-bond acceptors (Lipinski definition) is 4. The molecule has 1 atom stereocenters. The number of nitrogens with one attached hydrogen (secondary N) is 1. The van der Waals surface area contributed by atoms with Crippen LogP contribution in [0.4, 0.5) is 0 Å². The molecular weight excluding hydrogens is 416 g/mol. The van der Waals surface area contributed by atoms with Gasteiger partial charge in [-0.1, -0.05) is 39.0 Å². The van der Waals surface area contributed by atoms with E-state index in [-0.39, 0.29) is 29.7 Å². The van der Waals surface area contributed by atoms with Gasteiger partial charge >= 0.3 is 0 Å². The van der Waals surface area contributed by atoms with E-state index < -0.39 is 0 Å². The van der Waals surface area contributed by atoms with Crippen LogP contribution in [0.15, 0.2) is 42.5 Å². The van der Waals surface area contributed by atoms with Gasteiger partial charge in [0.1, 0.15) is 0 Å². The molecule has 2 aliphatic heterocycles. The molecule has 2 aromatic carbocycles. The number of benzene rings is 2. The number of amides is 2. The molecule has 1 fully saturated rings. The lowest BCUT2D eigenvalue weighted by Crippen LogP contribution is -2.34. The Labute approximate surface area is 196 Å². The van der Waals surface area contributed by atoms with E-state index in [0.29, 0.717) is 25.3 Å². The van der Waals surface area contributed by atoms with Crippen LogP contribution in [0.5, 0.6) is 11.5 Å². The SMILES string of the molecule is CC(C)(C)c1ccc(C(=O)NCCC(=O)N2CCCC2c2ccc3c(c2)OCCCO3)cc1. The molecule has 0 aliphatic carbocycles. The van der Waals surface area contributed by atoms with Crippen molar-refractivity contribution in [2.75, 3.05) is 26.3 Å². The Kier molecular flexibility index (Phi) is 6.91. The molecule has 0 saturated carbocycles. The van der Waals surface area contributed by atoms with Crippen LogP contribution in [0.3, 0.4) is 0 Å². The van der Waals surface area contributed by atoms with Crippen molar-refractivity contribution in [2.45, 2.75) is 57.9 Å². The van der Waals surface area contributed by atoms with E-state index in [1.54, 1.807) is 0 Å². The summed E-state index contributed by atoms with van der Waals surface area (Å²) in [5, 5.41) is 2.89. The highest BCUT2D eigenvalue weighted by Crippen LogP contribution is 2.38. The Bertz CT molecular complexity index is 994. The maximum absolute atomic E-state index is 13.0. The van der Waals surface area contributed by atoms with Gasteiger partial charge in [0.05, 0.1) is 19.3 Å². The molecule has 2 heterocycles. The molecule has 6 nitrogen and oxygen atoms in total. The summed E-state index contributed by atoms with van der Waals surface area (Å²) >= 11 is 0. The Morgan fingerprint density at radius 1 is 1.00 bits per heavy atom. The molecule has 2 aromatic rings. The molecule has 0 spiro atoms. The van der Waals surface area contributed by atoms with Crippen molar-refractivity contribution in [3.63, 3.8) is 0 Å². The first-order chi connectivity index (χ1) is 15.8. The quantitative estimate of drug-likeness (QED) is 0.721. The van der Waals surface area contributed by atoms with Gasteiger partial charge in [-0.2, -0.15) is 0 Å². The number of carbonyl (C=O) groups excluding carboxylic acids is 2.